The molecule has 1 aromatic carbocycles. The summed E-state index contributed by atoms with van der Waals surface area (Å²) < 4.78 is 19.0. The van der Waals surface area contributed by atoms with Crippen LogP contribution >= 0.6 is 15.9 Å². The molecular formula is C13H16BrFN2O3. The van der Waals surface area contributed by atoms with E-state index in [9.17, 15) is 14.0 Å². The fraction of sp³-hybridized carbons (Fsp3) is 0.385. The molecule has 0 aliphatic heterocycles. The second-order valence-corrected chi connectivity index (χ2v) is 6.03. The molecule has 3 amide bonds. The molecule has 7 heteroatoms. The summed E-state index contributed by atoms with van der Waals surface area (Å²) in [5.74, 6) is -1.31. The first-order chi connectivity index (χ1) is 9.17. The van der Waals surface area contributed by atoms with E-state index in [1.165, 1.54) is 12.1 Å². The molecule has 0 fully saturated rings. The summed E-state index contributed by atoms with van der Waals surface area (Å²) in [4.78, 5) is 22.9. The second-order valence-electron chi connectivity index (χ2n) is 5.12. The van der Waals surface area contributed by atoms with Gasteiger partial charge in [-0.25, -0.2) is 9.18 Å². The van der Waals surface area contributed by atoms with Gasteiger partial charge in [-0.3, -0.25) is 10.1 Å². The van der Waals surface area contributed by atoms with E-state index in [1.807, 2.05) is 0 Å². The Morgan fingerprint density at radius 1 is 1.35 bits per heavy atom. The Kier molecular flexibility index (Phi) is 5.50. The van der Waals surface area contributed by atoms with Crippen molar-refractivity contribution in [3.63, 3.8) is 0 Å². The third kappa shape index (κ3) is 6.01. The number of carbonyl (C=O) groups excluding carboxylic acids is 2. The standard InChI is InChI=1S/C13H16BrFN2O3/c1-13(2,3)17-12(19)16-11(18)7-20-10-5-4-8(14)6-9(10)15/h4-6H,7H2,1-3H3,(H2,16,17,18,19). The molecule has 0 spiro atoms. The third-order valence-electron chi connectivity index (χ3n) is 1.99. The molecule has 0 bridgehead atoms. The maximum absolute atomic E-state index is 13.4. The van der Waals surface area contributed by atoms with E-state index in [0.29, 0.717) is 4.47 Å². The molecule has 0 saturated heterocycles. The van der Waals surface area contributed by atoms with Crippen LogP contribution in [0.4, 0.5) is 9.18 Å². The van der Waals surface area contributed by atoms with E-state index in [1.54, 1.807) is 26.8 Å². The fourth-order valence-electron chi connectivity index (χ4n) is 1.27. The van der Waals surface area contributed by atoms with Crippen molar-refractivity contribution >= 4 is 27.9 Å². The van der Waals surface area contributed by atoms with Crippen molar-refractivity contribution in [1.29, 1.82) is 0 Å². The molecule has 0 aliphatic rings. The minimum absolute atomic E-state index is 0.0559. The van der Waals surface area contributed by atoms with Crippen molar-refractivity contribution in [2.24, 2.45) is 0 Å². The van der Waals surface area contributed by atoms with Crippen LogP contribution in [0.15, 0.2) is 22.7 Å². The molecule has 110 valence electrons. The van der Waals surface area contributed by atoms with Crippen molar-refractivity contribution in [3.05, 3.63) is 28.5 Å². The van der Waals surface area contributed by atoms with Crippen molar-refractivity contribution in [3.8, 4) is 5.75 Å². The number of halogens is 2. The van der Waals surface area contributed by atoms with E-state index in [0.717, 1.165) is 0 Å². The van der Waals surface area contributed by atoms with E-state index in [2.05, 4.69) is 26.6 Å². The average molecular weight is 347 g/mol. The lowest BCUT2D eigenvalue weighted by Crippen LogP contribution is -2.49. The van der Waals surface area contributed by atoms with Crippen LogP contribution in [0.3, 0.4) is 0 Å². The topological polar surface area (TPSA) is 67.4 Å². The fourth-order valence-corrected chi connectivity index (χ4v) is 1.60. The molecule has 0 atom stereocenters. The lowest BCUT2D eigenvalue weighted by molar-refractivity contribution is -0.122. The first kappa shape index (κ1) is 16.4. The molecule has 0 radical (unpaired) electrons. The Labute approximate surface area is 125 Å². The van der Waals surface area contributed by atoms with E-state index in [-0.39, 0.29) is 5.75 Å². The predicted molar refractivity (Wildman–Crippen MR) is 76.0 cm³/mol. The Morgan fingerprint density at radius 3 is 2.55 bits per heavy atom. The largest absolute Gasteiger partial charge is 0.481 e. The number of carbonyl (C=O) groups is 2. The first-order valence-corrected chi connectivity index (χ1v) is 6.66. The Balaban J connectivity index is 2.46. The van der Waals surface area contributed by atoms with Gasteiger partial charge in [0.15, 0.2) is 18.2 Å². The number of hydrogen-bond donors (Lipinski definition) is 2. The lowest BCUT2D eigenvalue weighted by atomic mass is 10.1. The molecule has 5 nitrogen and oxygen atoms in total. The lowest BCUT2D eigenvalue weighted by Gasteiger charge is -2.20. The highest BCUT2D eigenvalue weighted by Crippen LogP contribution is 2.21. The third-order valence-corrected chi connectivity index (χ3v) is 2.49. The van der Waals surface area contributed by atoms with Gasteiger partial charge in [-0.05, 0) is 39.0 Å². The van der Waals surface area contributed by atoms with E-state index >= 15 is 0 Å². The molecule has 2 N–H and O–H groups in total. The van der Waals surface area contributed by atoms with Gasteiger partial charge in [-0.2, -0.15) is 0 Å². The van der Waals surface area contributed by atoms with Gasteiger partial charge in [0, 0.05) is 10.0 Å². The zero-order valence-electron chi connectivity index (χ0n) is 11.4. The van der Waals surface area contributed by atoms with Gasteiger partial charge in [-0.15, -0.1) is 0 Å². The summed E-state index contributed by atoms with van der Waals surface area (Å²) in [5.41, 5.74) is -0.455. The number of rotatable bonds is 3. The number of imide groups is 1. The molecule has 1 aromatic rings. The van der Waals surface area contributed by atoms with Crippen LogP contribution in [0, 0.1) is 5.82 Å². The summed E-state index contributed by atoms with van der Waals surface area (Å²) in [7, 11) is 0. The molecule has 0 aromatic heterocycles. The highest BCUT2D eigenvalue weighted by molar-refractivity contribution is 9.10. The molecule has 0 heterocycles. The van der Waals surface area contributed by atoms with Crippen molar-refractivity contribution in [1.82, 2.24) is 10.6 Å². The Hall–Kier alpha value is -1.63. The summed E-state index contributed by atoms with van der Waals surface area (Å²) in [6.45, 7) is 4.90. The maximum Gasteiger partial charge on any atom is 0.321 e. The highest BCUT2D eigenvalue weighted by Gasteiger charge is 2.16. The van der Waals surface area contributed by atoms with Gasteiger partial charge in [-0.1, -0.05) is 15.9 Å². The van der Waals surface area contributed by atoms with Crippen LogP contribution in [0.2, 0.25) is 0 Å². The second kappa shape index (κ2) is 6.69. The van der Waals surface area contributed by atoms with Crippen LogP contribution < -0.4 is 15.4 Å². The number of amides is 3. The molecular weight excluding hydrogens is 331 g/mol. The van der Waals surface area contributed by atoms with Gasteiger partial charge in [0.05, 0.1) is 0 Å². The van der Waals surface area contributed by atoms with E-state index in [4.69, 9.17) is 4.74 Å². The molecule has 1 rings (SSSR count). The maximum atomic E-state index is 13.4. The van der Waals surface area contributed by atoms with Crippen LogP contribution in [0.5, 0.6) is 5.75 Å². The van der Waals surface area contributed by atoms with Gasteiger partial charge in [0.2, 0.25) is 0 Å². The molecule has 0 aliphatic carbocycles. The quantitative estimate of drug-likeness (QED) is 0.883. The number of nitrogens with one attached hydrogen (secondary N) is 2. The average Bonchev–Trinajstić information content (AvgIpc) is 2.24. The Morgan fingerprint density at radius 2 is 2.00 bits per heavy atom. The van der Waals surface area contributed by atoms with Crippen LogP contribution in [0.1, 0.15) is 20.8 Å². The zero-order valence-corrected chi connectivity index (χ0v) is 13.0. The van der Waals surface area contributed by atoms with Gasteiger partial charge in [0.1, 0.15) is 0 Å². The summed E-state index contributed by atoms with van der Waals surface area (Å²) >= 11 is 3.11. The van der Waals surface area contributed by atoms with Crippen molar-refractivity contribution in [2.75, 3.05) is 6.61 Å². The number of hydrogen-bond acceptors (Lipinski definition) is 3. The van der Waals surface area contributed by atoms with E-state index < -0.39 is 29.9 Å². The van der Waals surface area contributed by atoms with Crippen molar-refractivity contribution in [2.45, 2.75) is 26.3 Å². The smallest absolute Gasteiger partial charge is 0.321 e. The summed E-state index contributed by atoms with van der Waals surface area (Å²) in [6, 6.07) is 3.58. The number of ether oxygens (including phenoxy) is 1. The number of urea groups is 1. The molecule has 20 heavy (non-hydrogen) atoms. The summed E-state index contributed by atoms with van der Waals surface area (Å²) in [6.07, 6.45) is 0. The van der Waals surface area contributed by atoms with Gasteiger partial charge < -0.3 is 10.1 Å². The zero-order chi connectivity index (χ0) is 15.3. The summed E-state index contributed by atoms with van der Waals surface area (Å²) in [5, 5.41) is 4.65. The van der Waals surface area contributed by atoms with Crippen LogP contribution in [-0.4, -0.2) is 24.1 Å². The highest BCUT2D eigenvalue weighted by atomic mass is 79.9. The predicted octanol–water partition coefficient (Wildman–Crippen LogP) is 2.59. The minimum Gasteiger partial charge on any atom is -0.481 e. The Bertz CT molecular complexity index is 515. The van der Waals surface area contributed by atoms with Gasteiger partial charge >= 0.3 is 6.03 Å². The number of benzene rings is 1. The molecule has 0 unspecified atom stereocenters. The minimum atomic E-state index is -0.658. The van der Waals surface area contributed by atoms with Crippen molar-refractivity contribution < 1.29 is 18.7 Å². The van der Waals surface area contributed by atoms with Crippen LogP contribution in [-0.2, 0) is 4.79 Å². The first-order valence-electron chi connectivity index (χ1n) is 5.87. The van der Waals surface area contributed by atoms with Crippen LogP contribution in [0.25, 0.3) is 0 Å². The monoisotopic (exact) mass is 346 g/mol. The molecule has 0 saturated carbocycles. The normalized spacial score (nSPS) is 10.8. The van der Waals surface area contributed by atoms with Gasteiger partial charge in [0.25, 0.3) is 5.91 Å². The SMILES string of the molecule is CC(C)(C)NC(=O)NC(=O)COc1ccc(Br)cc1F.